The molecule has 4 heteroatoms. The lowest BCUT2D eigenvalue weighted by Crippen LogP contribution is -2.52. The molecule has 0 aromatic heterocycles. The second kappa shape index (κ2) is 3.66. The van der Waals surface area contributed by atoms with Gasteiger partial charge in [-0.25, -0.2) is 0 Å². The third kappa shape index (κ3) is 1.37. The number of carbonyl (C=O) groups excluding carboxylic acids is 1. The van der Waals surface area contributed by atoms with Gasteiger partial charge in [-0.3, -0.25) is 4.79 Å². The minimum absolute atomic E-state index is 0.00421. The molecular formula is C15H16ClNO2. The molecular weight excluding hydrogens is 262 g/mol. The van der Waals surface area contributed by atoms with Crippen molar-refractivity contribution < 1.29 is 9.53 Å². The van der Waals surface area contributed by atoms with Gasteiger partial charge in [-0.2, -0.15) is 0 Å². The topological polar surface area (TPSA) is 29.5 Å². The maximum Gasteiger partial charge on any atom is 0.232 e. The molecule has 2 bridgehead atoms. The number of hydrogen-bond donors (Lipinski definition) is 0. The molecule has 2 fully saturated rings. The number of halogens is 1. The monoisotopic (exact) mass is 277 g/mol. The van der Waals surface area contributed by atoms with Gasteiger partial charge in [0.25, 0.3) is 0 Å². The Balaban J connectivity index is 1.82. The molecule has 1 aliphatic carbocycles. The second-order valence-corrected chi connectivity index (χ2v) is 6.48. The summed E-state index contributed by atoms with van der Waals surface area (Å²) >= 11 is 6.33. The van der Waals surface area contributed by atoms with Gasteiger partial charge >= 0.3 is 0 Å². The zero-order valence-corrected chi connectivity index (χ0v) is 11.6. The van der Waals surface area contributed by atoms with Crippen LogP contribution in [0.2, 0.25) is 0 Å². The molecule has 2 heterocycles. The average molecular weight is 278 g/mol. The molecule has 0 radical (unpaired) electrons. The molecule has 0 unspecified atom stereocenters. The summed E-state index contributed by atoms with van der Waals surface area (Å²) in [5.41, 5.74) is 2.29. The van der Waals surface area contributed by atoms with E-state index in [1.54, 1.807) is 7.11 Å². The van der Waals surface area contributed by atoms with Crippen molar-refractivity contribution in [1.82, 2.24) is 0 Å². The number of nitrogens with zero attached hydrogens (tertiary/aromatic N) is 1. The lowest BCUT2D eigenvalue weighted by Gasteiger charge is -2.44. The molecule has 3 nitrogen and oxygen atoms in total. The summed E-state index contributed by atoms with van der Waals surface area (Å²) < 4.78 is 5.27. The smallest absolute Gasteiger partial charge is 0.232 e. The quantitative estimate of drug-likeness (QED) is 0.739. The summed E-state index contributed by atoms with van der Waals surface area (Å²) in [4.78, 5) is 14.6. The van der Waals surface area contributed by atoms with Gasteiger partial charge in [0.1, 0.15) is 5.75 Å². The molecule has 3 aliphatic rings. The molecule has 3 atom stereocenters. The number of aryl methyl sites for hydroxylation is 1. The van der Waals surface area contributed by atoms with E-state index in [-0.39, 0.29) is 22.7 Å². The van der Waals surface area contributed by atoms with Gasteiger partial charge in [0.15, 0.2) is 0 Å². The van der Waals surface area contributed by atoms with Gasteiger partial charge in [-0.15, -0.1) is 11.6 Å². The molecule has 1 aromatic rings. The molecule has 1 saturated carbocycles. The molecule has 1 amide bonds. The predicted molar refractivity (Wildman–Crippen MR) is 73.9 cm³/mol. The van der Waals surface area contributed by atoms with Gasteiger partial charge in [0.2, 0.25) is 5.91 Å². The Morgan fingerprint density at radius 1 is 1.42 bits per heavy atom. The molecule has 100 valence electrons. The molecule has 19 heavy (non-hydrogen) atoms. The summed E-state index contributed by atoms with van der Waals surface area (Å²) in [6.45, 7) is 0. The number of amides is 1. The van der Waals surface area contributed by atoms with Crippen LogP contribution in [0.4, 0.5) is 5.69 Å². The largest absolute Gasteiger partial charge is 0.497 e. The lowest BCUT2D eigenvalue weighted by atomic mass is 9.84. The summed E-state index contributed by atoms with van der Waals surface area (Å²) in [7, 11) is 1.67. The number of anilines is 1. The van der Waals surface area contributed by atoms with Gasteiger partial charge in [0, 0.05) is 11.1 Å². The highest BCUT2D eigenvalue weighted by atomic mass is 35.5. The van der Waals surface area contributed by atoms with Crippen molar-refractivity contribution in [3.8, 4) is 5.75 Å². The van der Waals surface area contributed by atoms with Gasteiger partial charge in [0.05, 0.1) is 18.6 Å². The Morgan fingerprint density at radius 3 is 3.05 bits per heavy atom. The van der Waals surface area contributed by atoms with Crippen LogP contribution < -0.4 is 9.64 Å². The number of ether oxygens (including phenoxy) is 1. The molecule has 1 saturated heterocycles. The number of rotatable bonds is 1. The standard InChI is InChI=1S/C15H16ClNO2/c1-19-10-2-3-13-9(6-10)4-5-15-7-11(12(16)8-15)14(18)17(13)15/h2-3,6,11-12H,4-5,7-8H2,1H3/t11-,12+,15+/m1/s1. The molecule has 0 N–H and O–H groups in total. The second-order valence-electron chi connectivity index (χ2n) is 5.92. The maximum atomic E-state index is 12.5. The average Bonchev–Trinajstić information content (AvgIpc) is 2.89. The van der Waals surface area contributed by atoms with E-state index in [0.29, 0.717) is 0 Å². The highest BCUT2D eigenvalue weighted by molar-refractivity contribution is 6.24. The predicted octanol–water partition coefficient (Wildman–Crippen LogP) is 2.74. The number of piperidine rings is 1. The number of benzene rings is 1. The van der Waals surface area contributed by atoms with Crippen LogP contribution in [0.25, 0.3) is 0 Å². The Hall–Kier alpha value is -1.22. The van der Waals surface area contributed by atoms with Gasteiger partial charge in [-0.1, -0.05) is 0 Å². The number of alkyl halides is 1. The lowest BCUT2D eigenvalue weighted by molar-refractivity contribution is -0.121. The number of hydrogen-bond acceptors (Lipinski definition) is 2. The number of methoxy groups -OCH3 is 1. The van der Waals surface area contributed by atoms with Gasteiger partial charge < -0.3 is 9.64 Å². The molecule has 4 rings (SSSR count). The maximum absolute atomic E-state index is 12.5. The first-order chi connectivity index (χ1) is 9.14. The van der Waals surface area contributed by atoms with Crippen LogP contribution in [-0.4, -0.2) is 23.9 Å². The van der Waals surface area contributed by atoms with Crippen molar-refractivity contribution in [2.75, 3.05) is 12.0 Å². The highest BCUT2D eigenvalue weighted by Gasteiger charge is 2.61. The Kier molecular flexibility index (Phi) is 2.23. The minimum atomic E-state index is -0.00421. The highest BCUT2D eigenvalue weighted by Crippen LogP contribution is 2.56. The van der Waals surface area contributed by atoms with Crippen LogP contribution in [0.3, 0.4) is 0 Å². The van der Waals surface area contributed by atoms with Crippen molar-refractivity contribution >= 4 is 23.2 Å². The van der Waals surface area contributed by atoms with Crippen LogP contribution in [-0.2, 0) is 11.2 Å². The summed E-state index contributed by atoms with van der Waals surface area (Å²) in [5, 5.41) is 0.0311. The summed E-state index contributed by atoms with van der Waals surface area (Å²) in [5.74, 6) is 1.11. The van der Waals surface area contributed by atoms with Crippen molar-refractivity contribution in [1.29, 1.82) is 0 Å². The first kappa shape index (κ1) is 11.6. The van der Waals surface area contributed by atoms with Crippen molar-refractivity contribution in [3.63, 3.8) is 0 Å². The summed E-state index contributed by atoms with van der Waals surface area (Å²) in [6, 6.07) is 6.02. The van der Waals surface area contributed by atoms with Gasteiger partial charge in [-0.05, 0) is 49.4 Å². The summed E-state index contributed by atoms with van der Waals surface area (Å²) in [6.07, 6.45) is 3.91. The third-order valence-corrected chi connectivity index (χ3v) is 5.47. The van der Waals surface area contributed by atoms with E-state index in [1.165, 1.54) is 5.56 Å². The molecule has 1 spiro atoms. The van der Waals surface area contributed by atoms with E-state index in [1.807, 2.05) is 17.0 Å². The fourth-order valence-electron chi connectivity index (χ4n) is 4.11. The number of fused-ring (bicyclic) bond motifs is 3. The van der Waals surface area contributed by atoms with E-state index < -0.39 is 0 Å². The third-order valence-electron chi connectivity index (χ3n) is 5.01. The Bertz CT molecular complexity index is 573. The zero-order valence-electron chi connectivity index (χ0n) is 10.9. The number of carbonyl (C=O) groups is 1. The van der Waals surface area contributed by atoms with Crippen LogP contribution >= 0.6 is 11.6 Å². The molecule has 2 aliphatic heterocycles. The van der Waals surface area contributed by atoms with Crippen molar-refractivity contribution in [2.24, 2.45) is 5.92 Å². The fourth-order valence-corrected chi connectivity index (χ4v) is 4.60. The molecule has 1 aromatic carbocycles. The van der Waals surface area contributed by atoms with E-state index in [0.717, 1.165) is 37.1 Å². The van der Waals surface area contributed by atoms with Crippen LogP contribution in [0, 0.1) is 5.92 Å². The Labute approximate surface area is 117 Å². The van der Waals surface area contributed by atoms with E-state index in [2.05, 4.69) is 6.07 Å². The van der Waals surface area contributed by atoms with E-state index in [9.17, 15) is 4.79 Å². The van der Waals surface area contributed by atoms with Crippen LogP contribution in [0.5, 0.6) is 5.75 Å². The normalized spacial score (nSPS) is 35.3. The first-order valence-electron chi connectivity index (χ1n) is 6.80. The Morgan fingerprint density at radius 2 is 2.26 bits per heavy atom. The van der Waals surface area contributed by atoms with Crippen LogP contribution in [0.15, 0.2) is 18.2 Å². The van der Waals surface area contributed by atoms with E-state index in [4.69, 9.17) is 16.3 Å². The van der Waals surface area contributed by atoms with Crippen LogP contribution in [0.1, 0.15) is 24.8 Å². The minimum Gasteiger partial charge on any atom is -0.497 e. The van der Waals surface area contributed by atoms with E-state index >= 15 is 0 Å². The fraction of sp³-hybridized carbons (Fsp3) is 0.533. The van der Waals surface area contributed by atoms with Crippen molar-refractivity contribution in [3.05, 3.63) is 23.8 Å². The zero-order chi connectivity index (χ0) is 13.2. The van der Waals surface area contributed by atoms with Crippen molar-refractivity contribution in [2.45, 2.75) is 36.6 Å². The SMILES string of the molecule is COc1ccc2c(c1)CC[C@@]13C[C@H](Cl)[C@@H](C1)C(=O)N23. The first-order valence-corrected chi connectivity index (χ1v) is 7.23.